The number of hydrogen-bond acceptors (Lipinski definition) is 0. The molecule has 0 heterocycles. The quantitative estimate of drug-likeness (QED) is 0.512. The molecule has 0 spiro atoms. The minimum absolute atomic E-state index is 0.307. The fourth-order valence-electron chi connectivity index (χ4n) is 0.679. The predicted molar refractivity (Wildman–Crippen MR) is 28.3 cm³/mol. The number of halogens is 6. The van der Waals surface area contributed by atoms with Gasteiger partial charge in [-0.05, 0) is 6.08 Å². The number of hydrogen-bond donors (Lipinski definition) is 0. The zero-order valence-electron chi connectivity index (χ0n) is 5.42. The van der Waals surface area contributed by atoms with E-state index in [4.69, 9.17) is 0 Å². The van der Waals surface area contributed by atoms with Gasteiger partial charge in [0.15, 0.2) is 17.8 Å². The molecule has 0 saturated heterocycles. The Morgan fingerprint density at radius 3 is 2.17 bits per heavy atom. The summed E-state index contributed by atoms with van der Waals surface area (Å²) >= 11 is 0. The molecule has 1 aliphatic rings. The summed E-state index contributed by atoms with van der Waals surface area (Å²) in [5, 5.41) is 0. The number of alkyl halides is 3. The number of rotatable bonds is 0. The summed E-state index contributed by atoms with van der Waals surface area (Å²) in [5.41, 5.74) is 0. The molecule has 1 aliphatic carbocycles. The van der Waals surface area contributed by atoms with Crippen LogP contribution in [-0.4, -0.2) is 12.1 Å². The van der Waals surface area contributed by atoms with Crippen molar-refractivity contribution >= 4 is 0 Å². The molecule has 0 amide bonds. The van der Waals surface area contributed by atoms with Crippen LogP contribution in [-0.2, 0) is 0 Å². The monoisotopic (exact) mass is 188 g/mol. The lowest BCUT2D eigenvalue weighted by Crippen LogP contribution is -2.32. The van der Waals surface area contributed by atoms with Gasteiger partial charge in [-0.25, -0.2) is 17.6 Å². The van der Waals surface area contributed by atoms with Crippen LogP contribution in [0.2, 0.25) is 0 Å². The molecule has 68 valence electrons. The minimum Gasteiger partial charge on any atom is -0.236 e. The van der Waals surface area contributed by atoms with Crippen molar-refractivity contribution in [3.8, 4) is 0 Å². The van der Waals surface area contributed by atoms with Crippen LogP contribution in [0.25, 0.3) is 0 Å². The Bertz CT molecular complexity index is 263. The smallest absolute Gasteiger partial charge is 0.236 e. The van der Waals surface area contributed by atoms with Gasteiger partial charge in [-0.1, -0.05) is 0 Å². The molecule has 0 saturated carbocycles. The molecule has 0 radical (unpaired) electrons. The topological polar surface area (TPSA) is 0 Å². The van der Waals surface area contributed by atoms with Crippen molar-refractivity contribution in [2.45, 2.75) is 12.1 Å². The highest BCUT2D eigenvalue weighted by atomic mass is 19.3. The molecule has 0 aromatic rings. The molecular formula is C6H2F6. The molecule has 0 N–H and O–H groups in total. The third kappa shape index (κ3) is 1.11. The summed E-state index contributed by atoms with van der Waals surface area (Å²) in [7, 11) is 0. The number of allylic oxidation sites excluding steroid dienone is 4. The minimum atomic E-state index is -4.60. The van der Waals surface area contributed by atoms with Crippen LogP contribution in [0.3, 0.4) is 0 Å². The second-order valence-electron chi connectivity index (χ2n) is 2.17. The van der Waals surface area contributed by atoms with E-state index in [2.05, 4.69) is 0 Å². The second-order valence-corrected chi connectivity index (χ2v) is 2.17. The van der Waals surface area contributed by atoms with E-state index in [1.165, 1.54) is 0 Å². The Kier molecular flexibility index (Phi) is 1.93. The van der Waals surface area contributed by atoms with Crippen LogP contribution < -0.4 is 0 Å². The zero-order valence-corrected chi connectivity index (χ0v) is 5.42. The molecule has 0 aliphatic heterocycles. The molecule has 1 unspecified atom stereocenters. The van der Waals surface area contributed by atoms with Gasteiger partial charge in [-0.15, -0.1) is 0 Å². The first-order chi connectivity index (χ1) is 5.37. The van der Waals surface area contributed by atoms with Crippen molar-refractivity contribution in [2.75, 3.05) is 0 Å². The Morgan fingerprint density at radius 1 is 1.17 bits per heavy atom. The van der Waals surface area contributed by atoms with Crippen molar-refractivity contribution in [2.24, 2.45) is 0 Å². The van der Waals surface area contributed by atoms with Crippen LogP contribution in [0.4, 0.5) is 26.3 Å². The molecule has 0 bridgehead atoms. The van der Waals surface area contributed by atoms with E-state index in [0.29, 0.717) is 0 Å². The van der Waals surface area contributed by atoms with Gasteiger partial charge in [0.05, 0.1) is 0 Å². The Morgan fingerprint density at radius 2 is 1.67 bits per heavy atom. The van der Waals surface area contributed by atoms with Gasteiger partial charge in [0, 0.05) is 0 Å². The molecule has 1 rings (SSSR count). The summed E-state index contributed by atoms with van der Waals surface area (Å²) in [4.78, 5) is 0. The first-order valence-electron chi connectivity index (χ1n) is 2.82. The van der Waals surface area contributed by atoms with Crippen LogP contribution >= 0.6 is 0 Å². The van der Waals surface area contributed by atoms with Crippen molar-refractivity contribution in [1.29, 1.82) is 0 Å². The largest absolute Gasteiger partial charge is 0.335 e. The highest BCUT2D eigenvalue weighted by Gasteiger charge is 2.50. The molecule has 0 aromatic carbocycles. The van der Waals surface area contributed by atoms with Crippen molar-refractivity contribution in [1.82, 2.24) is 0 Å². The van der Waals surface area contributed by atoms with Gasteiger partial charge in [-0.2, -0.15) is 8.78 Å². The average Bonchev–Trinajstić information content (AvgIpc) is 1.99. The average molecular weight is 188 g/mol. The summed E-state index contributed by atoms with van der Waals surface area (Å²) in [5.74, 6) is -11.6. The molecule has 12 heavy (non-hydrogen) atoms. The summed E-state index contributed by atoms with van der Waals surface area (Å²) in [6, 6.07) is 0. The Hall–Kier alpha value is -0.940. The first kappa shape index (κ1) is 9.15. The maximum atomic E-state index is 12.2. The highest BCUT2D eigenvalue weighted by molar-refractivity contribution is 5.33. The van der Waals surface area contributed by atoms with E-state index >= 15 is 0 Å². The van der Waals surface area contributed by atoms with Gasteiger partial charge < -0.3 is 0 Å². The molecule has 0 fully saturated rings. The SMILES string of the molecule is FC1=CC(F)C(F)(F)C(F)=C1F. The van der Waals surface area contributed by atoms with Crippen molar-refractivity contribution in [3.63, 3.8) is 0 Å². The Balaban J connectivity index is 3.18. The lowest BCUT2D eigenvalue weighted by Gasteiger charge is -2.19. The van der Waals surface area contributed by atoms with Crippen LogP contribution in [0.5, 0.6) is 0 Å². The van der Waals surface area contributed by atoms with Crippen LogP contribution in [0, 0.1) is 0 Å². The van der Waals surface area contributed by atoms with Crippen molar-refractivity contribution in [3.05, 3.63) is 23.6 Å². The lowest BCUT2D eigenvalue weighted by molar-refractivity contribution is -0.0429. The normalized spacial score (nSPS) is 28.8. The summed E-state index contributed by atoms with van der Waals surface area (Å²) in [6.07, 6.45) is -3.46. The molecule has 6 heteroatoms. The fourth-order valence-corrected chi connectivity index (χ4v) is 0.679. The Labute approximate surface area is 63.2 Å². The zero-order chi connectivity index (χ0) is 9.52. The maximum absolute atomic E-state index is 12.2. The third-order valence-corrected chi connectivity index (χ3v) is 1.33. The lowest BCUT2D eigenvalue weighted by atomic mass is 10.1. The summed E-state index contributed by atoms with van der Waals surface area (Å²) in [6.45, 7) is 0. The predicted octanol–water partition coefficient (Wildman–Crippen LogP) is 2.98. The van der Waals surface area contributed by atoms with E-state index in [1.807, 2.05) is 0 Å². The van der Waals surface area contributed by atoms with Gasteiger partial charge in [0.1, 0.15) is 0 Å². The van der Waals surface area contributed by atoms with E-state index in [-0.39, 0.29) is 6.08 Å². The third-order valence-electron chi connectivity index (χ3n) is 1.33. The maximum Gasteiger partial charge on any atom is 0.335 e. The van der Waals surface area contributed by atoms with E-state index in [9.17, 15) is 26.3 Å². The standard InChI is InChI=1S/C6H2F6/c7-2-1-3(8)6(11,12)5(10)4(2)9/h1,3H. The fraction of sp³-hybridized carbons (Fsp3) is 0.333. The first-order valence-corrected chi connectivity index (χ1v) is 2.82. The molecule has 0 aromatic heterocycles. The van der Waals surface area contributed by atoms with Crippen LogP contribution in [0.1, 0.15) is 0 Å². The van der Waals surface area contributed by atoms with E-state index in [0.717, 1.165) is 0 Å². The van der Waals surface area contributed by atoms with Gasteiger partial charge in [0.2, 0.25) is 5.83 Å². The molecule has 0 nitrogen and oxygen atoms in total. The van der Waals surface area contributed by atoms with Crippen molar-refractivity contribution < 1.29 is 26.3 Å². The highest BCUT2D eigenvalue weighted by Crippen LogP contribution is 2.40. The second kappa shape index (κ2) is 2.53. The van der Waals surface area contributed by atoms with Gasteiger partial charge in [0.25, 0.3) is 0 Å². The molecule has 1 atom stereocenters. The van der Waals surface area contributed by atoms with Gasteiger partial charge in [-0.3, -0.25) is 0 Å². The van der Waals surface area contributed by atoms with Gasteiger partial charge >= 0.3 is 5.92 Å². The molecular weight excluding hydrogens is 186 g/mol. The van der Waals surface area contributed by atoms with E-state index < -0.39 is 29.6 Å². The van der Waals surface area contributed by atoms with E-state index in [1.54, 1.807) is 0 Å². The summed E-state index contributed by atoms with van der Waals surface area (Å²) < 4.78 is 72.6. The van der Waals surface area contributed by atoms with Crippen LogP contribution in [0.15, 0.2) is 23.6 Å².